The highest BCUT2D eigenvalue weighted by Gasteiger charge is 2.28. The summed E-state index contributed by atoms with van der Waals surface area (Å²) in [5, 5.41) is 2.47. The van der Waals surface area contributed by atoms with E-state index in [4.69, 9.17) is 4.74 Å². The molecule has 0 radical (unpaired) electrons. The summed E-state index contributed by atoms with van der Waals surface area (Å²) in [5.74, 6) is 1.08. The molecule has 1 aliphatic rings. The molecule has 0 bridgehead atoms. The van der Waals surface area contributed by atoms with Crippen molar-refractivity contribution in [1.29, 1.82) is 0 Å². The Morgan fingerprint density at radius 1 is 1.23 bits per heavy atom. The SMILES string of the molecule is Cc1ccc(OCc2cccc(C3CC3)c2NC(=O)OC(F)F)c(C)c1. The van der Waals surface area contributed by atoms with Crippen molar-refractivity contribution in [3.05, 3.63) is 58.7 Å². The van der Waals surface area contributed by atoms with Gasteiger partial charge in [0.1, 0.15) is 12.4 Å². The number of ether oxygens (including phenoxy) is 2. The van der Waals surface area contributed by atoms with E-state index < -0.39 is 12.7 Å². The number of hydrogen-bond donors (Lipinski definition) is 1. The molecule has 1 saturated carbocycles. The first-order chi connectivity index (χ1) is 12.4. The summed E-state index contributed by atoms with van der Waals surface area (Å²) in [5.41, 5.74) is 4.31. The van der Waals surface area contributed by atoms with Gasteiger partial charge in [-0.3, -0.25) is 5.32 Å². The second-order valence-electron chi connectivity index (χ2n) is 6.50. The number of carbonyl (C=O) groups is 1. The molecule has 1 aliphatic carbocycles. The number of carbonyl (C=O) groups excluding carboxylic acids is 1. The second kappa shape index (κ2) is 7.72. The third kappa shape index (κ3) is 4.50. The van der Waals surface area contributed by atoms with Crippen LogP contribution < -0.4 is 10.1 Å². The molecule has 1 amide bonds. The van der Waals surface area contributed by atoms with Crippen LogP contribution in [0.3, 0.4) is 0 Å². The molecule has 1 fully saturated rings. The predicted molar refractivity (Wildman–Crippen MR) is 94.8 cm³/mol. The summed E-state index contributed by atoms with van der Waals surface area (Å²) in [6.07, 6.45) is 0.862. The van der Waals surface area contributed by atoms with Crippen LogP contribution in [0.15, 0.2) is 36.4 Å². The van der Waals surface area contributed by atoms with Crippen LogP contribution in [0.25, 0.3) is 0 Å². The number of aryl methyl sites for hydroxylation is 2. The minimum atomic E-state index is -3.15. The maximum Gasteiger partial charge on any atom is 0.416 e. The first kappa shape index (κ1) is 18.2. The van der Waals surface area contributed by atoms with Gasteiger partial charge in [0.25, 0.3) is 0 Å². The minimum Gasteiger partial charge on any atom is -0.489 e. The Morgan fingerprint density at radius 3 is 2.65 bits per heavy atom. The molecule has 26 heavy (non-hydrogen) atoms. The number of halogens is 2. The van der Waals surface area contributed by atoms with Crippen LogP contribution in [0.4, 0.5) is 19.3 Å². The number of hydrogen-bond acceptors (Lipinski definition) is 3. The van der Waals surface area contributed by atoms with E-state index in [0.29, 0.717) is 11.6 Å². The third-order valence-electron chi connectivity index (χ3n) is 4.34. The summed E-state index contributed by atoms with van der Waals surface area (Å²) in [4.78, 5) is 11.7. The summed E-state index contributed by atoms with van der Waals surface area (Å²) in [6.45, 7) is 1.03. The number of rotatable bonds is 6. The van der Waals surface area contributed by atoms with Crippen molar-refractivity contribution >= 4 is 11.8 Å². The van der Waals surface area contributed by atoms with Crippen molar-refractivity contribution < 1.29 is 23.0 Å². The monoisotopic (exact) mass is 361 g/mol. The number of amides is 1. The zero-order valence-corrected chi connectivity index (χ0v) is 14.7. The van der Waals surface area contributed by atoms with E-state index in [9.17, 15) is 13.6 Å². The topological polar surface area (TPSA) is 47.6 Å². The van der Waals surface area contributed by atoms with Crippen LogP contribution in [-0.4, -0.2) is 12.7 Å². The predicted octanol–water partition coefficient (Wildman–Crippen LogP) is 5.53. The summed E-state index contributed by atoms with van der Waals surface area (Å²) >= 11 is 0. The average molecular weight is 361 g/mol. The van der Waals surface area contributed by atoms with Gasteiger partial charge in [0, 0.05) is 5.56 Å². The maximum atomic E-state index is 12.3. The van der Waals surface area contributed by atoms with Crippen molar-refractivity contribution in [2.75, 3.05) is 5.32 Å². The first-order valence-corrected chi connectivity index (χ1v) is 8.51. The molecule has 4 nitrogen and oxygen atoms in total. The van der Waals surface area contributed by atoms with Gasteiger partial charge in [-0.1, -0.05) is 35.9 Å². The van der Waals surface area contributed by atoms with E-state index in [0.717, 1.165) is 40.8 Å². The van der Waals surface area contributed by atoms with E-state index in [1.54, 1.807) is 0 Å². The Hall–Kier alpha value is -2.63. The lowest BCUT2D eigenvalue weighted by molar-refractivity contribution is -0.0766. The van der Waals surface area contributed by atoms with Gasteiger partial charge in [-0.15, -0.1) is 0 Å². The van der Waals surface area contributed by atoms with Crippen molar-refractivity contribution in [2.24, 2.45) is 0 Å². The molecule has 0 unspecified atom stereocenters. The van der Waals surface area contributed by atoms with Gasteiger partial charge in [-0.05, 0) is 49.8 Å². The molecule has 0 saturated heterocycles. The highest BCUT2D eigenvalue weighted by atomic mass is 19.3. The lowest BCUT2D eigenvalue weighted by Crippen LogP contribution is -2.19. The number of nitrogens with one attached hydrogen (secondary N) is 1. The zero-order chi connectivity index (χ0) is 18.7. The zero-order valence-electron chi connectivity index (χ0n) is 14.7. The van der Waals surface area contributed by atoms with Crippen molar-refractivity contribution in [1.82, 2.24) is 0 Å². The fourth-order valence-corrected chi connectivity index (χ4v) is 2.96. The molecule has 6 heteroatoms. The number of para-hydroxylation sites is 1. The van der Waals surface area contributed by atoms with Crippen LogP contribution in [0.1, 0.15) is 41.0 Å². The Kier molecular flexibility index (Phi) is 5.40. The molecule has 3 rings (SSSR count). The van der Waals surface area contributed by atoms with E-state index in [1.807, 2.05) is 50.2 Å². The average Bonchev–Trinajstić information content (AvgIpc) is 3.39. The molecule has 0 aromatic heterocycles. The molecular weight excluding hydrogens is 340 g/mol. The van der Waals surface area contributed by atoms with E-state index in [-0.39, 0.29) is 6.61 Å². The fraction of sp³-hybridized carbons (Fsp3) is 0.350. The Labute approximate surface area is 151 Å². The minimum absolute atomic E-state index is 0.217. The summed E-state index contributed by atoms with van der Waals surface area (Å²) in [6, 6.07) is 11.5. The Balaban J connectivity index is 1.81. The lowest BCUT2D eigenvalue weighted by atomic mass is 10.0. The Bertz CT molecular complexity index is 804. The van der Waals surface area contributed by atoms with Gasteiger partial charge in [0.2, 0.25) is 0 Å². The van der Waals surface area contributed by atoms with Crippen LogP contribution in [-0.2, 0) is 11.3 Å². The van der Waals surface area contributed by atoms with Crippen LogP contribution >= 0.6 is 0 Å². The van der Waals surface area contributed by atoms with E-state index in [1.165, 1.54) is 0 Å². The van der Waals surface area contributed by atoms with Crippen LogP contribution in [0, 0.1) is 13.8 Å². The van der Waals surface area contributed by atoms with Gasteiger partial charge >= 0.3 is 12.7 Å². The van der Waals surface area contributed by atoms with Gasteiger partial charge < -0.3 is 9.47 Å². The van der Waals surface area contributed by atoms with Gasteiger partial charge in [-0.2, -0.15) is 8.78 Å². The molecule has 0 spiro atoms. The lowest BCUT2D eigenvalue weighted by Gasteiger charge is -2.17. The molecule has 0 aliphatic heterocycles. The molecular formula is C20H21F2NO3. The molecule has 0 heterocycles. The summed E-state index contributed by atoms with van der Waals surface area (Å²) < 4.78 is 34.4. The van der Waals surface area contributed by atoms with Gasteiger partial charge in [-0.25, -0.2) is 4.79 Å². The second-order valence-corrected chi connectivity index (χ2v) is 6.50. The van der Waals surface area contributed by atoms with Crippen molar-refractivity contribution in [3.8, 4) is 5.75 Å². The van der Waals surface area contributed by atoms with Gasteiger partial charge in [0.05, 0.1) is 5.69 Å². The number of anilines is 1. The largest absolute Gasteiger partial charge is 0.489 e. The number of benzene rings is 2. The van der Waals surface area contributed by atoms with E-state index in [2.05, 4.69) is 10.1 Å². The highest BCUT2D eigenvalue weighted by molar-refractivity contribution is 5.87. The molecule has 2 aromatic rings. The van der Waals surface area contributed by atoms with Crippen LogP contribution in [0.2, 0.25) is 0 Å². The summed E-state index contributed by atoms with van der Waals surface area (Å²) in [7, 11) is 0. The standard InChI is InChI=1S/C20H21F2NO3/c1-12-6-9-17(13(2)10-12)25-11-15-4-3-5-16(14-7-8-14)18(15)23-20(24)26-19(21)22/h3-6,9-10,14,19H,7-8,11H2,1-2H3,(H,23,24). The maximum absolute atomic E-state index is 12.3. The molecule has 1 N–H and O–H groups in total. The van der Waals surface area contributed by atoms with Crippen molar-refractivity contribution in [2.45, 2.75) is 45.8 Å². The number of alkyl halides is 2. The van der Waals surface area contributed by atoms with E-state index >= 15 is 0 Å². The smallest absolute Gasteiger partial charge is 0.416 e. The fourth-order valence-electron chi connectivity index (χ4n) is 2.96. The highest BCUT2D eigenvalue weighted by Crippen LogP contribution is 2.44. The first-order valence-electron chi connectivity index (χ1n) is 8.51. The normalized spacial score (nSPS) is 13.6. The molecule has 0 atom stereocenters. The third-order valence-corrected chi connectivity index (χ3v) is 4.34. The van der Waals surface area contributed by atoms with Gasteiger partial charge in [0.15, 0.2) is 0 Å². The van der Waals surface area contributed by atoms with Crippen molar-refractivity contribution in [3.63, 3.8) is 0 Å². The molecule has 2 aromatic carbocycles. The van der Waals surface area contributed by atoms with Crippen LogP contribution in [0.5, 0.6) is 5.75 Å². The Morgan fingerprint density at radius 2 is 2.00 bits per heavy atom. The quantitative estimate of drug-likeness (QED) is 0.736. The molecule has 138 valence electrons.